The van der Waals surface area contributed by atoms with Gasteiger partial charge in [-0.15, -0.1) is 0 Å². The highest BCUT2D eigenvalue weighted by Crippen LogP contribution is 2.31. The maximum atomic E-state index is 9.47. The molecule has 3 heteroatoms. The van der Waals surface area contributed by atoms with Crippen molar-refractivity contribution in [2.24, 2.45) is 5.92 Å². The summed E-state index contributed by atoms with van der Waals surface area (Å²) >= 11 is 0. The van der Waals surface area contributed by atoms with Gasteiger partial charge in [0.2, 0.25) is 0 Å². The summed E-state index contributed by atoms with van der Waals surface area (Å²) in [5, 5.41) is 22.1. The molecule has 1 atom stereocenters. The Hall–Kier alpha value is -0.120. The van der Waals surface area contributed by atoms with Crippen LogP contribution in [0.2, 0.25) is 0 Å². The van der Waals surface area contributed by atoms with Crippen LogP contribution in [0.1, 0.15) is 46.0 Å². The number of nitrogens with one attached hydrogen (secondary N) is 1. The van der Waals surface area contributed by atoms with Gasteiger partial charge in [-0.05, 0) is 51.5 Å². The lowest BCUT2D eigenvalue weighted by atomic mass is 9.77. The third-order valence-electron chi connectivity index (χ3n) is 3.60. The third-order valence-corrected chi connectivity index (χ3v) is 3.60. The minimum absolute atomic E-state index is 0.0681. The Balaban J connectivity index is 2.33. The summed E-state index contributed by atoms with van der Waals surface area (Å²) in [5.74, 6) is 0.795. The molecule has 0 aromatic heterocycles. The highest BCUT2D eigenvalue weighted by atomic mass is 16.3. The maximum absolute atomic E-state index is 9.47. The molecule has 1 aliphatic carbocycles. The van der Waals surface area contributed by atoms with Gasteiger partial charge in [0.1, 0.15) is 0 Å². The molecule has 3 nitrogen and oxygen atoms in total. The minimum atomic E-state index is -0.254. The second-order valence-electron chi connectivity index (χ2n) is 5.19. The molecule has 0 heterocycles. The molecule has 0 aromatic carbocycles. The summed E-state index contributed by atoms with van der Waals surface area (Å²) in [5.41, 5.74) is -0.0681. The second kappa shape index (κ2) is 5.83. The van der Waals surface area contributed by atoms with Crippen LogP contribution in [0.3, 0.4) is 0 Å². The van der Waals surface area contributed by atoms with Gasteiger partial charge in [-0.1, -0.05) is 6.92 Å². The Kier molecular flexibility index (Phi) is 5.03. The van der Waals surface area contributed by atoms with Gasteiger partial charge in [-0.3, -0.25) is 0 Å². The highest BCUT2D eigenvalue weighted by molar-refractivity contribution is 4.91. The van der Waals surface area contributed by atoms with Crippen LogP contribution in [0.4, 0.5) is 0 Å². The summed E-state index contributed by atoms with van der Waals surface area (Å²) in [4.78, 5) is 0. The van der Waals surface area contributed by atoms with Crippen LogP contribution in [0.5, 0.6) is 0 Å². The first-order valence-electron chi connectivity index (χ1n) is 6.12. The van der Waals surface area contributed by atoms with E-state index in [4.69, 9.17) is 0 Å². The molecule has 0 spiro atoms. The van der Waals surface area contributed by atoms with Crippen molar-refractivity contribution in [1.29, 1.82) is 0 Å². The first-order chi connectivity index (χ1) is 7.08. The van der Waals surface area contributed by atoms with Gasteiger partial charge in [-0.25, -0.2) is 0 Å². The van der Waals surface area contributed by atoms with Gasteiger partial charge in [0.05, 0.1) is 12.7 Å². The lowest BCUT2D eigenvalue weighted by Gasteiger charge is -2.39. The Morgan fingerprint density at radius 1 is 1.40 bits per heavy atom. The van der Waals surface area contributed by atoms with E-state index in [1.165, 1.54) is 12.8 Å². The van der Waals surface area contributed by atoms with Crippen molar-refractivity contribution >= 4 is 0 Å². The topological polar surface area (TPSA) is 52.5 Å². The zero-order chi connectivity index (χ0) is 11.3. The quantitative estimate of drug-likeness (QED) is 0.648. The van der Waals surface area contributed by atoms with Crippen molar-refractivity contribution in [2.45, 2.75) is 57.6 Å². The Morgan fingerprint density at radius 3 is 2.47 bits per heavy atom. The molecule has 1 fully saturated rings. The molecule has 0 saturated heterocycles. The Labute approximate surface area is 92.9 Å². The summed E-state index contributed by atoms with van der Waals surface area (Å²) < 4.78 is 0. The van der Waals surface area contributed by atoms with Crippen molar-refractivity contribution in [3.05, 3.63) is 0 Å². The number of aliphatic hydroxyl groups is 2. The zero-order valence-electron chi connectivity index (χ0n) is 10.00. The third kappa shape index (κ3) is 4.09. The van der Waals surface area contributed by atoms with Crippen LogP contribution in [-0.2, 0) is 0 Å². The van der Waals surface area contributed by atoms with Crippen molar-refractivity contribution in [3.63, 3.8) is 0 Å². The van der Waals surface area contributed by atoms with Crippen molar-refractivity contribution in [3.8, 4) is 0 Å². The van der Waals surface area contributed by atoms with E-state index in [0.29, 0.717) is 0 Å². The van der Waals surface area contributed by atoms with E-state index < -0.39 is 0 Å². The standard InChI is InChI=1S/C12H25NO2/c1-10-3-6-12(9-14,7-4-10)13-8-5-11(2)15/h10-11,13-15H,3-9H2,1-2H3. The molecule has 0 aromatic rings. The Bertz CT molecular complexity index is 174. The zero-order valence-corrected chi connectivity index (χ0v) is 10.00. The first kappa shape index (κ1) is 12.9. The maximum Gasteiger partial charge on any atom is 0.0613 e. The summed E-state index contributed by atoms with van der Waals surface area (Å²) in [6.07, 6.45) is 5.02. The van der Waals surface area contributed by atoms with Gasteiger partial charge < -0.3 is 15.5 Å². The van der Waals surface area contributed by atoms with Crippen molar-refractivity contribution in [2.75, 3.05) is 13.2 Å². The van der Waals surface area contributed by atoms with E-state index in [1.807, 2.05) is 0 Å². The molecular weight excluding hydrogens is 190 g/mol. The van der Waals surface area contributed by atoms with Gasteiger partial charge in [0, 0.05) is 5.54 Å². The molecule has 15 heavy (non-hydrogen) atoms. The van der Waals surface area contributed by atoms with Gasteiger partial charge in [0.25, 0.3) is 0 Å². The van der Waals surface area contributed by atoms with Crippen LogP contribution < -0.4 is 5.32 Å². The fourth-order valence-electron chi connectivity index (χ4n) is 2.25. The lowest BCUT2D eigenvalue weighted by molar-refractivity contribution is 0.0989. The van der Waals surface area contributed by atoms with E-state index in [2.05, 4.69) is 12.2 Å². The number of rotatable bonds is 5. The monoisotopic (exact) mass is 215 g/mol. The van der Waals surface area contributed by atoms with E-state index in [1.54, 1.807) is 6.92 Å². The molecule has 1 rings (SSSR count). The average molecular weight is 215 g/mol. The molecule has 1 saturated carbocycles. The van der Waals surface area contributed by atoms with Crippen LogP contribution in [0.15, 0.2) is 0 Å². The lowest BCUT2D eigenvalue weighted by Crippen LogP contribution is -2.51. The fraction of sp³-hybridized carbons (Fsp3) is 1.00. The van der Waals surface area contributed by atoms with Crippen LogP contribution >= 0.6 is 0 Å². The molecule has 90 valence electrons. The number of hydrogen-bond donors (Lipinski definition) is 3. The summed E-state index contributed by atoms with van der Waals surface area (Å²) in [6, 6.07) is 0. The fourth-order valence-corrected chi connectivity index (χ4v) is 2.25. The largest absolute Gasteiger partial charge is 0.394 e. The van der Waals surface area contributed by atoms with E-state index in [9.17, 15) is 10.2 Å². The van der Waals surface area contributed by atoms with E-state index >= 15 is 0 Å². The minimum Gasteiger partial charge on any atom is -0.394 e. The SMILES string of the molecule is CC(O)CCNC1(CO)CCC(C)CC1. The van der Waals surface area contributed by atoms with Crippen LogP contribution in [-0.4, -0.2) is 35.0 Å². The summed E-state index contributed by atoms with van der Waals surface area (Å²) in [7, 11) is 0. The summed E-state index contributed by atoms with van der Waals surface area (Å²) in [6.45, 7) is 5.10. The highest BCUT2D eigenvalue weighted by Gasteiger charge is 2.32. The first-order valence-corrected chi connectivity index (χ1v) is 6.12. The van der Waals surface area contributed by atoms with Gasteiger partial charge >= 0.3 is 0 Å². The Morgan fingerprint density at radius 2 is 2.00 bits per heavy atom. The molecule has 0 amide bonds. The van der Waals surface area contributed by atoms with Crippen molar-refractivity contribution < 1.29 is 10.2 Å². The molecular formula is C12H25NO2. The molecule has 0 bridgehead atoms. The molecule has 3 N–H and O–H groups in total. The predicted octanol–water partition coefficient (Wildman–Crippen LogP) is 1.29. The van der Waals surface area contributed by atoms with Crippen LogP contribution in [0, 0.1) is 5.92 Å². The average Bonchev–Trinajstić information content (AvgIpc) is 2.21. The molecule has 0 aliphatic heterocycles. The molecule has 1 unspecified atom stereocenters. The van der Waals surface area contributed by atoms with E-state index in [0.717, 1.165) is 31.7 Å². The number of aliphatic hydroxyl groups excluding tert-OH is 2. The van der Waals surface area contributed by atoms with Gasteiger partial charge in [-0.2, -0.15) is 0 Å². The van der Waals surface area contributed by atoms with Gasteiger partial charge in [0.15, 0.2) is 0 Å². The second-order valence-corrected chi connectivity index (χ2v) is 5.19. The molecule has 0 radical (unpaired) electrons. The van der Waals surface area contributed by atoms with Crippen LogP contribution in [0.25, 0.3) is 0 Å². The normalized spacial score (nSPS) is 34.0. The molecule has 1 aliphatic rings. The number of hydrogen-bond acceptors (Lipinski definition) is 3. The predicted molar refractivity (Wildman–Crippen MR) is 61.7 cm³/mol. The van der Waals surface area contributed by atoms with E-state index in [-0.39, 0.29) is 18.2 Å². The van der Waals surface area contributed by atoms with Crippen molar-refractivity contribution in [1.82, 2.24) is 5.32 Å². The smallest absolute Gasteiger partial charge is 0.0613 e.